The molecule has 0 spiro atoms. The summed E-state index contributed by atoms with van der Waals surface area (Å²) in [4.78, 5) is 182. The predicted octanol–water partition coefficient (Wildman–Crippen LogP) is 4.82. The van der Waals surface area contributed by atoms with Crippen molar-refractivity contribution in [3.63, 3.8) is 0 Å². The van der Waals surface area contributed by atoms with Gasteiger partial charge in [-0.15, -0.1) is 0 Å². The zero-order valence-corrected chi connectivity index (χ0v) is 71.5. The highest BCUT2D eigenvalue weighted by atomic mass is 16.5. The summed E-state index contributed by atoms with van der Waals surface area (Å²) < 4.78 is 6.11. The number of nitrogens with one attached hydrogen (secondary N) is 6. The number of allylic oxidation sites excluding steroid dienone is 2. The number of aliphatic hydroxyl groups is 3. The number of rotatable bonds is 53. The van der Waals surface area contributed by atoms with Crippen molar-refractivity contribution >= 4 is 77.0 Å². The normalized spacial score (nSPS) is 20.3. The second-order valence-corrected chi connectivity index (χ2v) is 33.7. The molecule has 16 N–H and O–H groups in total. The van der Waals surface area contributed by atoms with Gasteiger partial charge in [0.15, 0.2) is 5.96 Å². The molecule has 0 bridgehead atoms. The number of nitrogens with two attached hydrogens (primary N) is 3. The number of aliphatic hydroxyl groups excluding tert-OH is 3. The number of aliphatic imine (C=N–C) groups is 1. The summed E-state index contributed by atoms with van der Waals surface area (Å²) >= 11 is 0. The highest BCUT2D eigenvalue weighted by Crippen LogP contribution is 2.39. The van der Waals surface area contributed by atoms with E-state index >= 15 is 14.4 Å². The highest BCUT2D eigenvalue weighted by molar-refractivity contribution is 5.99. The van der Waals surface area contributed by atoms with E-state index in [9.17, 15) is 63.6 Å². The maximum Gasteiger partial charge on any atom is 0.306 e. The van der Waals surface area contributed by atoms with Gasteiger partial charge in [-0.2, -0.15) is 0 Å². The molecule has 10 amide bonds. The summed E-state index contributed by atoms with van der Waals surface area (Å²) in [5.74, 6) is -11.9. The molecule has 0 aromatic heterocycles. The fraction of sp³-hybridized carbons (Fsp3) is 0.690. The Labute approximate surface area is 698 Å². The Hall–Kier alpha value is -9.07. The van der Waals surface area contributed by atoms with Crippen LogP contribution in [0, 0.1) is 35.5 Å². The van der Waals surface area contributed by atoms with Crippen molar-refractivity contribution in [1.29, 1.82) is 0 Å². The van der Waals surface area contributed by atoms with E-state index in [2.05, 4.69) is 43.8 Å². The minimum absolute atomic E-state index is 0.00629. The van der Waals surface area contributed by atoms with E-state index in [1.165, 1.54) is 11.9 Å². The van der Waals surface area contributed by atoms with Gasteiger partial charge in [-0.05, 0) is 171 Å². The molecule has 2 aromatic carbocycles. The van der Waals surface area contributed by atoms with E-state index in [1.807, 2.05) is 93.5 Å². The van der Waals surface area contributed by atoms with Crippen LogP contribution in [-0.4, -0.2) is 244 Å². The van der Waals surface area contributed by atoms with Crippen molar-refractivity contribution in [3.05, 3.63) is 83.9 Å². The standard InChI is InChI=1S/C87H140N14O17/c1-11-13-14-15-25-38-74(105)100-46-28-34-60(53-100)79(110)94-67(49-59-32-22-19-23-33-59)82(113)93-66(37-29-45-98(8)9)80(111)96-69(47-55(3)4)85(116)101-54-62(118-76(108)39-26-17-16-24-35-63-64(73(104)52-72(63)103)43-42-61(102)41-40-58-30-20-18-21-31-58)50-71(101)86(117)99(10)70(48-56(5)6)84(115)95-68(51-75(106)107)83(114)92-65(36-27-44-91-87(89)90)81(112)97-77(78(88)109)57(7)12-2/h16,18-24,30-33,55-57,60-73,77,102-104H,11-15,17,25-29,34-54H2,1-10H3,(H2,88,109)(H,92,114)(H,93,113)(H,94,110)(H,95,115)(H,96,111)(H,97,112)(H,106,107)(H4,89,90,91)/b24-16-/t57-,60-,61-,62+,63+,64+,65-,66+,67-,68-,69-,70-,71-,72-,73+,77-/m0/s1. The van der Waals surface area contributed by atoms with Crippen LogP contribution >= 0.6 is 0 Å². The van der Waals surface area contributed by atoms with Crippen LogP contribution in [0.1, 0.15) is 220 Å². The van der Waals surface area contributed by atoms with Crippen molar-refractivity contribution < 1.29 is 82.7 Å². The number of carbonyl (C=O) groups is 12. The number of primary amides is 1. The zero-order chi connectivity index (χ0) is 87.1. The monoisotopic (exact) mass is 1650 g/mol. The number of likely N-dealkylation sites (tertiary alicyclic amines) is 2. The molecule has 0 radical (unpaired) electrons. The number of unbranched alkanes of at least 4 members (excludes halogenated alkanes) is 5. The van der Waals surface area contributed by atoms with E-state index < -0.39 is 156 Å². The molecule has 2 heterocycles. The Morgan fingerprint density at radius 3 is 1.86 bits per heavy atom. The molecule has 16 atom stereocenters. The maximum atomic E-state index is 15.8. The van der Waals surface area contributed by atoms with Gasteiger partial charge in [0.05, 0.1) is 37.2 Å². The zero-order valence-electron chi connectivity index (χ0n) is 71.5. The van der Waals surface area contributed by atoms with Gasteiger partial charge < -0.3 is 93.9 Å². The number of carbonyl (C=O) groups excluding carboxylic acids is 11. The van der Waals surface area contributed by atoms with Crippen LogP contribution in [0.5, 0.6) is 0 Å². The number of hydrogen-bond donors (Lipinski definition) is 13. The van der Waals surface area contributed by atoms with Gasteiger partial charge in [0.1, 0.15) is 54.4 Å². The van der Waals surface area contributed by atoms with Crippen molar-refractivity contribution in [2.45, 2.75) is 295 Å². The largest absolute Gasteiger partial charge is 0.481 e. The lowest BCUT2D eigenvalue weighted by Crippen LogP contribution is -2.61. The van der Waals surface area contributed by atoms with Crippen molar-refractivity contribution in [2.75, 3.05) is 53.9 Å². The molecule has 3 aliphatic rings. The summed E-state index contributed by atoms with van der Waals surface area (Å²) in [6.45, 7) is 13.6. The van der Waals surface area contributed by atoms with Gasteiger partial charge in [-0.3, -0.25) is 62.5 Å². The highest BCUT2D eigenvalue weighted by Gasteiger charge is 2.48. The summed E-state index contributed by atoms with van der Waals surface area (Å²) in [5.41, 5.74) is 18.6. The quantitative estimate of drug-likeness (QED) is 0.0139. The number of aliphatic carboxylic acids is 1. The SMILES string of the molecule is CCCCCCCC(=O)N1CCC[C@H](C(=O)N[C@@H](Cc2ccccc2)C(=O)N[C@H](CCCN(C)C)C(=O)N[C@@H](CC(C)C)C(=O)N2C[C@H](OC(=O)CCC/C=C\C[C@@H]3[C@@H](CC[C@@H](O)CCc4ccccc4)[C@H](O)C[C@@H]3O)C[C@H]2C(=O)N(C)[C@@H](CC(C)C)C(=O)N[C@@H](CC(=O)O)C(=O)N[C@@H](CCCN=C(N)N)C(=O)N[C@H](C(N)=O)[C@@H](C)CC)C1. The van der Waals surface area contributed by atoms with Gasteiger partial charge in [0.2, 0.25) is 59.1 Å². The van der Waals surface area contributed by atoms with Gasteiger partial charge in [-0.25, -0.2) is 0 Å². The number of carboxylic acids is 1. The molecule has 0 unspecified atom stereocenters. The van der Waals surface area contributed by atoms with Crippen LogP contribution in [0.25, 0.3) is 0 Å². The average Bonchev–Trinajstić information content (AvgIpc) is 1.63. The molecule has 2 aromatic rings. The molecule has 2 saturated heterocycles. The van der Waals surface area contributed by atoms with Crippen molar-refractivity contribution in [3.8, 4) is 0 Å². The summed E-state index contributed by atoms with van der Waals surface area (Å²) in [6.07, 6.45) is 10.1. The molecule has 31 heteroatoms. The molecule has 1 saturated carbocycles. The second kappa shape index (κ2) is 52.1. The van der Waals surface area contributed by atoms with Crippen LogP contribution in [0.15, 0.2) is 77.8 Å². The minimum Gasteiger partial charge on any atom is -0.481 e. The summed E-state index contributed by atoms with van der Waals surface area (Å²) in [5, 5.41) is 59.6. The van der Waals surface area contributed by atoms with E-state index in [1.54, 1.807) is 44.7 Å². The third-order valence-corrected chi connectivity index (χ3v) is 22.7. The number of esters is 1. The first-order chi connectivity index (χ1) is 56.1. The lowest BCUT2D eigenvalue weighted by molar-refractivity contribution is -0.150. The van der Waals surface area contributed by atoms with E-state index in [-0.39, 0.29) is 113 Å². The molecular weight excluding hydrogens is 1510 g/mol. The van der Waals surface area contributed by atoms with Gasteiger partial charge in [0, 0.05) is 52.4 Å². The number of likely N-dealkylation sites (N-methyl/N-ethyl adjacent to an activating group) is 1. The van der Waals surface area contributed by atoms with Gasteiger partial charge in [0.25, 0.3) is 0 Å². The predicted molar refractivity (Wildman–Crippen MR) is 450 cm³/mol. The fourth-order valence-electron chi connectivity index (χ4n) is 15.8. The fourth-order valence-corrected chi connectivity index (χ4v) is 15.8. The number of ether oxygens (including phenoxy) is 1. The number of nitrogens with zero attached hydrogens (tertiary/aromatic N) is 5. The smallest absolute Gasteiger partial charge is 0.306 e. The molecule has 5 rings (SSSR count). The van der Waals surface area contributed by atoms with Crippen LogP contribution < -0.4 is 49.1 Å². The van der Waals surface area contributed by atoms with Gasteiger partial charge >= 0.3 is 11.9 Å². The Morgan fingerprint density at radius 1 is 0.636 bits per heavy atom. The number of amides is 10. The molecule has 2 aliphatic heterocycles. The summed E-state index contributed by atoms with van der Waals surface area (Å²) in [7, 11) is 5.01. The van der Waals surface area contributed by atoms with Crippen molar-refractivity contribution in [1.82, 2.24) is 51.5 Å². The molecule has 118 heavy (non-hydrogen) atoms. The minimum atomic E-state index is -1.87. The first-order valence-corrected chi connectivity index (χ1v) is 43.0. The van der Waals surface area contributed by atoms with E-state index in [0.29, 0.717) is 95.7 Å². The third kappa shape index (κ3) is 34.7. The van der Waals surface area contributed by atoms with E-state index in [4.69, 9.17) is 21.9 Å². The first-order valence-electron chi connectivity index (χ1n) is 43.0. The van der Waals surface area contributed by atoms with E-state index in [0.717, 1.165) is 42.6 Å². The first kappa shape index (κ1) is 99.5. The number of benzene rings is 2. The third-order valence-electron chi connectivity index (χ3n) is 22.7. The number of aryl methyl sites for hydroxylation is 1. The lowest BCUT2D eigenvalue weighted by atomic mass is 9.85. The van der Waals surface area contributed by atoms with Gasteiger partial charge in [-0.1, -0.05) is 153 Å². The van der Waals surface area contributed by atoms with Crippen LogP contribution in [-0.2, 0) is 75.1 Å². The average molecular weight is 1650 g/mol. The molecular formula is C87H140N14O17. The molecule has 1 aliphatic carbocycles. The molecule has 660 valence electrons. The van der Waals surface area contributed by atoms with Crippen molar-refractivity contribution in [2.24, 2.45) is 57.7 Å². The number of carboxylic acid groups (broad SMARTS) is 1. The Kier molecular flexibility index (Phi) is 43.9. The van der Waals surface area contributed by atoms with Crippen LogP contribution in [0.2, 0.25) is 0 Å². The van der Waals surface area contributed by atoms with Crippen LogP contribution in [0.4, 0.5) is 0 Å². The Bertz CT molecular complexity index is 3570. The molecule has 3 fully saturated rings. The Morgan fingerprint density at radius 2 is 1.24 bits per heavy atom. The maximum absolute atomic E-state index is 15.8. The lowest BCUT2D eigenvalue weighted by Gasteiger charge is -2.35. The van der Waals surface area contributed by atoms with Crippen LogP contribution in [0.3, 0.4) is 0 Å². The Balaban J connectivity index is 1.44. The molecule has 31 nitrogen and oxygen atoms in total. The topological polar surface area (TPSA) is 471 Å². The number of piperidine rings is 1. The number of guanidine groups is 1. The summed E-state index contributed by atoms with van der Waals surface area (Å²) in [6, 6.07) is 7.60. The number of hydrogen-bond acceptors (Lipinski definition) is 18. The second-order valence-electron chi connectivity index (χ2n) is 33.7.